The van der Waals surface area contributed by atoms with Crippen LogP contribution in [0.15, 0.2) is 0 Å². The number of piperidine rings is 1. The molecule has 0 unspecified atom stereocenters. The Kier molecular flexibility index (Phi) is 4.31. The predicted molar refractivity (Wildman–Crippen MR) is 79.6 cm³/mol. The maximum absolute atomic E-state index is 12.0. The Morgan fingerprint density at radius 2 is 1.90 bits per heavy atom. The molecule has 0 aromatic rings. The standard InChI is InChI=1S/C14H26N2O4S/c1-21(18,19)16-7-2-5-14(16)6-8-15(11-13(14)17)12-3-9-20-10-4-12/h12-13,17H,2-11H2,1H3/t13-,14-/m0/s1. The van der Waals surface area contributed by atoms with Gasteiger partial charge in [-0.05, 0) is 32.1 Å². The highest BCUT2D eigenvalue weighted by atomic mass is 32.2. The number of nitrogens with zero attached hydrogens (tertiary/aromatic N) is 2. The number of hydrogen-bond acceptors (Lipinski definition) is 5. The first-order valence-corrected chi connectivity index (χ1v) is 9.76. The molecule has 3 aliphatic heterocycles. The minimum atomic E-state index is -3.25. The fourth-order valence-electron chi connectivity index (χ4n) is 4.32. The van der Waals surface area contributed by atoms with E-state index < -0.39 is 21.7 Å². The van der Waals surface area contributed by atoms with Crippen LogP contribution in [-0.2, 0) is 14.8 Å². The summed E-state index contributed by atoms with van der Waals surface area (Å²) >= 11 is 0. The van der Waals surface area contributed by atoms with Crippen LogP contribution in [0.3, 0.4) is 0 Å². The molecule has 0 saturated carbocycles. The van der Waals surface area contributed by atoms with Crippen molar-refractivity contribution in [3.8, 4) is 0 Å². The third kappa shape index (κ3) is 2.86. The van der Waals surface area contributed by atoms with Crippen molar-refractivity contribution in [2.75, 3.05) is 39.1 Å². The highest BCUT2D eigenvalue weighted by Gasteiger charge is 2.53. The van der Waals surface area contributed by atoms with Gasteiger partial charge in [-0.25, -0.2) is 8.42 Å². The van der Waals surface area contributed by atoms with Gasteiger partial charge in [0, 0.05) is 38.9 Å². The minimum Gasteiger partial charge on any atom is -0.390 e. The Hall–Kier alpha value is -0.210. The van der Waals surface area contributed by atoms with E-state index in [0.717, 1.165) is 51.9 Å². The summed E-state index contributed by atoms with van der Waals surface area (Å²) in [6.07, 6.45) is 5.05. The van der Waals surface area contributed by atoms with Gasteiger partial charge in [0.15, 0.2) is 0 Å². The van der Waals surface area contributed by atoms with Crippen LogP contribution in [0, 0.1) is 0 Å². The van der Waals surface area contributed by atoms with Gasteiger partial charge < -0.3 is 9.84 Å². The maximum Gasteiger partial charge on any atom is 0.211 e. The Bertz CT molecular complexity index is 477. The number of hydrogen-bond donors (Lipinski definition) is 1. The highest BCUT2D eigenvalue weighted by molar-refractivity contribution is 7.88. The summed E-state index contributed by atoms with van der Waals surface area (Å²) in [5, 5.41) is 10.7. The molecular weight excluding hydrogens is 292 g/mol. The van der Waals surface area contributed by atoms with Crippen molar-refractivity contribution in [3.63, 3.8) is 0 Å². The molecule has 122 valence electrons. The Labute approximate surface area is 127 Å². The van der Waals surface area contributed by atoms with E-state index in [4.69, 9.17) is 4.74 Å². The van der Waals surface area contributed by atoms with Gasteiger partial charge in [0.05, 0.1) is 17.9 Å². The molecule has 0 aliphatic carbocycles. The third-order valence-electron chi connectivity index (χ3n) is 5.43. The first-order chi connectivity index (χ1) is 9.93. The molecule has 1 N–H and O–H groups in total. The zero-order valence-electron chi connectivity index (χ0n) is 12.7. The normalized spacial score (nSPS) is 37.3. The van der Waals surface area contributed by atoms with Crippen molar-refractivity contribution in [1.82, 2.24) is 9.21 Å². The van der Waals surface area contributed by atoms with Crippen LogP contribution in [0.5, 0.6) is 0 Å². The molecule has 2 atom stereocenters. The lowest BCUT2D eigenvalue weighted by Gasteiger charge is -2.49. The van der Waals surface area contributed by atoms with Crippen molar-refractivity contribution < 1.29 is 18.3 Å². The van der Waals surface area contributed by atoms with E-state index in [9.17, 15) is 13.5 Å². The Morgan fingerprint density at radius 3 is 2.52 bits per heavy atom. The Balaban J connectivity index is 1.73. The molecule has 0 radical (unpaired) electrons. The molecule has 1 spiro atoms. The number of likely N-dealkylation sites (tertiary alicyclic amines) is 1. The highest BCUT2D eigenvalue weighted by Crippen LogP contribution is 2.41. The average Bonchev–Trinajstić information content (AvgIpc) is 2.88. The Morgan fingerprint density at radius 1 is 1.19 bits per heavy atom. The summed E-state index contributed by atoms with van der Waals surface area (Å²) in [5.74, 6) is 0. The summed E-state index contributed by atoms with van der Waals surface area (Å²) in [7, 11) is -3.25. The largest absolute Gasteiger partial charge is 0.390 e. The van der Waals surface area contributed by atoms with Crippen molar-refractivity contribution >= 4 is 10.0 Å². The second kappa shape index (κ2) is 5.77. The number of ether oxygens (including phenoxy) is 1. The zero-order valence-corrected chi connectivity index (χ0v) is 13.5. The van der Waals surface area contributed by atoms with Gasteiger partial charge in [0.25, 0.3) is 0 Å². The summed E-state index contributed by atoms with van der Waals surface area (Å²) in [6.45, 7) is 3.58. The van der Waals surface area contributed by atoms with Gasteiger partial charge >= 0.3 is 0 Å². The van der Waals surface area contributed by atoms with E-state index >= 15 is 0 Å². The number of aliphatic hydroxyl groups excluding tert-OH is 1. The molecule has 3 rings (SSSR count). The van der Waals surface area contributed by atoms with E-state index in [1.807, 2.05) is 0 Å². The lowest BCUT2D eigenvalue weighted by Crippen LogP contribution is -2.64. The minimum absolute atomic E-state index is 0.471. The smallest absolute Gasteiger partial charge is 0.211 e. The summed E-state index contributed by atoms with van der Waals surface area (Å²) in [6, 6.07) is 0.471. The lowest BCUT2D eigenvalue weighted by atomic mass is 9.82. The molecule has 0 aromatic heterocycles. The van der Waals surface area contributed by atoms with Crippen molar-refractivity contribution in [2.45, 2.75) is 49.8 Å². The average molecular weight is 318 g/mol. The molecule has 21 heavy (non-hydrogen) atoms. The summed E-state index contributed by atoms with van der Waals surface area (Å²) in [4.78, 5) is 2.33. The van der Waals surface area contributed by atoms with Gasteiger partial charge in [-0.2, -0.15) is 4.31 Å². The third-order valence-corrected chi connectivity index (χ3v) is 6.78. The fourth-order valence-corrected chi connectivity index (χ4v) is 5.75. The van der Waals surface area contributed by atoms with E-state index in [1.165, 1.54) is 6.26 Å². The molecule has 3 aliphatic rings. The fraction of sp³-hybridized carbons (Fsp3) is 1.00. The van der Waals surface area contributed by atoms with Crippen LogP contribution in [-0.4, -0.2) is 79.5 Å². The van der Waals surface area contributed by atoms with Gasteiger partial charge in [-0.3, -0.25) is 4.90 Å². The molecule has 7 heteroatoms. The topological polar surface area (TPSA) is 70.1 Å². The SMILES string of the molecule is CS(=O)(=O)N1CCC[C@@]12CCN(C1CCOCC1)C[C@@H]2O. The second-order valence-electron chi connectivity index (χ2n) is 6.65. The molecule has 0 aromatic carbocycles. The molecule has 6 nitrogen and oxygen atoms in total. The van der Waals surface area contributed by atoms with Crippen LogP contribution in [0.4, 0.5) is 0 Å². The number of sulfonamides is 1. The van der Waals surface area contributed by atoms with E-state index in [0.29, 0.717) is 19.1 Å². The second-order valence-corrected chi connectivity index (χ2v) is 8.55. The van der Waals surface area contributed by atoms with Crippen molar-refractivity contribution in [3.05, 3.63) is 0 Å². The molecular formula is C14H26N2O4S. The van der Waals surface area contributed by atoms with Crippen molar-refractivity contribution in [1.29, 1.82) is 0 Å². The zero-order chi connectivity index (χ0) is 15.1. The van der Waals surface area contributed by atoms with Gasteiger partial charge in [-0.15, -0.1) is 0 Å². The van der Waals surface area contributed by atoms with Crippen LogP contribution in [0.2, 0.25) is 0 Å². The molecule has 3 saturated heterocycles. The van der Waals surface area contributed by atoms with E-state index in [1.54, 1.807) is 4.31 Å². The predicted octanol–water partition coefficient (Wildman–Crippen LogP) is 0.0262. The van der Waals surface area contributed by atoms with Crippen LogP contribution >= 0.6 is 0 Å². The van der Waals surface area contributed by atoms with E-state index in [-0.39, 0.29) is 0 Å². The molecule has 0 bridgehead atoms. The molecule has 3 heterocycles. The summed E-state index contributed by atoms with van der Waals surface area (Å²) < 4.78 is 31.0. The maximum atomic E-state index is 12.0. The number of β-amino-alcohol motifs (C(OH)–C–C–N with tert-alkyl or cyclic N) is 1. The van der Waals surface area contributed by atoms with Crippen LogP contribution < -0.4 is 0 Å². The van der Waals surface area contributed by atoms with Crippen molar-refractivity contribution in [2.24, 2.45) is 0 Å². The van der Waals surface area contributed by atoms with Gasteiger partial charge in [0.2, 0.25) is 10.0 Å². The molecule has 0 amide bonds. The van der Waals surface area contributed by atoms with E-state index in [2.05, 4.69) is 4.90 Å². The number of aliphatic hydroxyl groups is 1. The quantitative estimate of drug-likeness (QED) is 0.778. The van der Waals surface area contributed by atoms with Crippen LogP contribution in [0.1, 0.15) is 32.1 Å². The first-order valence-electron chi connectivity index (χ1n) is 7.91. The molecule has 3 fully saturated rings. The first kappa shape index (κ1) is 15.7. The lowest BCUT2D eigenvalue weighted by molar-refractivity contribution is -0.0630. The van der Waals surface area contributed by atoms with Gasteiger partial charge in [0.1, 0.15) is 0 Å². The number of rotatable bonds is 2. The van der Waals surface area contributed by atoms with Gasteiger partial charge in [-0.1, -0.05) is 0 Å². The monoisotopic (exact) mass is 318 g/mol. The van der Waals surface area contributed by atoms with Crippen LogP contribution in [0.25, 0.3) is 0 Å². The summed E-state index contributed by atoms with van der Waals surface area (Å²) in [5.41, 5.74) is -0.560.